The van der Waals surface area contributed by atoms with Gasteiger partial charge in [-0.1, -0.05) is 18.2 Å². The van der Waals surface area contributed by atoms with Crippen molar-refractivity contribution in [2.45, 2.75) is 20.3 Å². The van der Waals surface area contributed by atoms with Crippen molar-refractivity contribution in [2.75, 3.05) is 5.32 Å². The van der Waals surface area contributed by atoms with Crippen LogP contribution in [0.5, 0.6) is 0 Å². The van der Waals surface area contributed by atoms with Crippen LogP contribution in [-0.2, 0) is 11.2 Å². The molecule has 0 saturated heterocycles. The lowest BCUT2D eigenvalue weighted by Gasteiger charge is -2.08. The first-order chi connectivity index (χ1) is 11.5. The van der Waals surface area contributed by atoms with Gasteiger partial charge < -0.3 is 15.1 Å². The minimum absolute atomic E-state index is 0.199. The van der Waals surface area contributed by atoms with Crippen molar-refractivity contribution >= 4 is 40.0 Å². The maximum absolute atomic E-state index is 10.9. The van der Waals surface area contributed by atoms with Gasteiger partial charge in [0.15, 0.2) is 16.6 Å². The number of rotatable bonds is 3. The number of carbonyl (C=O) groups excluding carboxylic acids is 1. The van der Waals surface area contributed by atoms with E-state index in [0.717, 1.165) is 27.9 Å². The first kappa shape index (κ1) is 16.1. The number of fused-ring (bicyclic) bond motifs is 1. The van der Waals surface area contributed by atoms with Crippen molar-refractivity contribution in [2.24, 2.45) is 0 Å². The first-order valence-corrected chi connectivity index (χ1v) is 7.94. The lowest BCUT2D eigenvalue weighted by molar-refractivity contribution is -0.117. The third-order valence-corrected chi connectivity index (χ3v) is 3.65. The van der Waals surface area contributed by atoms with Crippen LogP contribution in [0.15, 0.2) is 46.9 Å². The number of nitrogens with one attached hydrogen (secondary N) is 2. The number of carbonyl (C=O) groups is 1. The van der Waals surface area contributed by atoms with Gasteiger partial charge in [-0.15, -0.1) is 0 Å². The Morgan fingerprint density at radius 3 is 2.67 bits per heavy atom. The van der Waals surface area contributed by atoms with E-state index in [-0.39, 0.29) is 11.0 Å². The monoisotopic (exact) mass is 339 g/mol. The Balaban J connectivity index is 1.68. The number of nitrogens with zero attached hydrogens (tertiary/aromatic N) is 1. The normalized spacial score (nSPS) is 10.6. The van der Waals surface area contributed by atoms with Crippen LogP contribution in [0.2, 0.25) is 0 Å². The van der Waals surface area contributed by atoms with Crippen LogP contribution in [0, 0.1) is 6.92 Å². The molecule has 0 unspecified atom stereocenters. The molecule has 0 aliphatic heterocycles. The maximum atomic E-state index is 10.9. The summed E-state index contributed by atoms with van der Waals surface area (Å²) in [6.45, 7) is 3.45. The Morgan fingerprint density at radius 1 is 1.21 bits per heavy atom. The van der Waals surface area contributed by atoms with Gasteiger partial charge in [0, 0.05) is 19.0 Å². The molecule has 1 heterocycles. The summed E-state index contributed by atoms with van der Waals surface area (Å²) in [6, 6.07) is 13.7. The molecule has 2 N–H and O–H groups in total. The quantitative estimate of drug-likeness (QED) is 0.714. The molecular formula is C18H17N3O2S. The van der Waals surface area contributed by atoms with Gasteiger partial charge in [0.25, 0.3) is 0 Å². The lowest BCUT2D eigenvalue weighted by Crippen LogP contribution is -2.32. The van der Waals surface area contributed by atoms with Crippen molar-refractivity contribution in [3.8, 4) is 0 Å². The number of aromatic nitrogens is 1. The molecule has 122 valence electrons. The smallest absolute Gasteiger partial charge is 0.222 e. The Hall–Kier alpha value is -2.73. The highest BCUT2D eigenvalue weighted by atomic mass is 32.1. The highest BCUT2D eigenvalue weighted by Crippen LogP contribution is 2.19. The van der Waals surface area contributed by atoms with E-state index in [1.165, 1.54) is 6.92 Å². The van der Waals surface area contributed by atoms with Crippen molar-refractivity contribution in [3.63, 3.8) is 0 Å². The second kappa shape index (κ2) is 6.80. The maximum Gasteiger partial charge on any atom is 0.222 e. The van der Waals surface area contributed by atoms with Crippen LogP contribution in [0.4, 0.5) is 5.69 Å². The molecule has 2 aromatic carbocycles. The molecule has 6 heteroatoms. The van der Waals surface area contributed by atoms with Gasteiger partial charge in [-0.25, -0.2) is 4.98 Å². The molecule has 0 atom stereocenters. The zero-order valence-electron chi connectivity index (χ0n) is 13.4. The van der Waals surface area contributed by atoms with Crippen LogP contribution in [0.1, 0.15) is 23.9 Å². The van der Waals surface area contributed by atoms with E-state index in [4.69, 9.17) is 16.6 Å². The van der Waals surface area contributed by atoms with E-state index < -0.39 is 0 Å². The molecule has 0 fully saturated rings. The Bertz CT molecular complexity index is 900. The summed E-state index contributed by atoms with van der Waals surface area (Å²) in [4.78, 5) is 15.5. The number of benzene rings is 2. The van der Waals surface area contributed by atoms with Gasteiger partial charge in [0.1, 0.15) is 5.52 Å². The highest BCUT2D eigenvalue weighted by Gasteiger charge is 2.07. The molecule has 3 aromatic rings. The van der Waals surface area contributed by atoms with Gasteiger partial charge in [0.05, 0.1) is 0 Å². The number of amides is 1. The fourth-order valence-electron chi connectivity index (χ4n) is 2.36. The SMILES string of the molecule is CC(=O)NC(=S)Nc1ccc(Cc2nc3cc(C)ccc3o2)cc1. The molecular weight excluding hydrogens is 322 g/mol. The molecule has 3 rings (SSSR count). The number of anilines is 1. The molecule has 24 heavy (non-hydrogen) atoms. The summed E-state index contributed by atoms with van der Waals surface area (Å²) < 4.78 is 5.77. The first-order valence-electron chi connectivity index (χ1n) is 7.53. The number of thiocarbonyl (C=S) groups is 1. The summed E-state index contributed by atoms with van der Waals surface area (Å²) in [6.07, 6.45) is 0.615. The molecule has 0 bridgehead atoms. The number of hydrogen-bond donors (Lipinski definition) is 2. The van der Waals surface area contributed by atoms with Crippen molar-refractivity contribution < 1.29 is 9.21 Å². The van der Waals surface area contributed by atoms with Crippen LogP contribution in [-0.4, -0.2) is 16.0 Å². The van der Waals surface area contributed by atoms with Crippen molar-refractivity contribution in [1.82, 2.24) is 10.3 Å². The summed E-state index contributed by atoms with van der Waals surface area (Å²) >= 11 is 5.03. The van der Waals surface area contributed by atoms with Gasteiger partial charge >= 0.3 is 0 Å². The summed E-state index contributed by atoms with van der Waals surface area (Å²) in [5.74, 6) is 0.486. The van der Waals surface area contributed by atoms with E-state index in [1.807, 2.05) is 49.4 Å². The fraction of sp³-hybridized carbons (Fsp3) is 0.167. The van der Waals surface area contributed by atoms with E-state index in [0.29, 0.717) is 12.3 Å². The predicted octanol–water partition coefficient (Wildman–Crippen LogP) is 3.56. The van der Waals surface area contributed by atoms with Crippen molar-refractivity contribution in [1.29, 1.82) is 0 Å². The minimum atomic E-state index is -0.199. The third kappa shape index (κ3) is 3.97. The molecule has 0 aliphatic rings. The van der Waals surface area contributed by atoms with E-state index in [1.54, 1.807) is 0 Å². The van der Waals surface area contributed by atoms with Gasteiger partial charge in [0.2, 0.25) is 5.91 Å². The summed E-state index contributed by atoms with van der Waals surface area (Å²) in [5.41, 5.74) is 4.73. The summed E-state index contributed by atoms with van der Waals surface area (Å²) in [5, 5.41) is 5.76. The van der Waals surface area contributed by atoms with Crippen LogP contribution in [0.3, 0.4) is 0 Å². The zero-order valence-corrected chi connectivity index (χ0v) is 14.2. The average molecular weight is 339 g/mol. The number of oxazole rings is 1. The average Bonchev–Trinajstić information content (AvgIpc) is 2.89. The van der Waals surface area contributed by atoms with E-state index in [2.05, 4.69) is 15.6 Å². The Kier molecular flexibility index (Phi) is 4.57. The largest absolute Gasteiger partial charge is 0.440 e. The molecule has 0 saturated carbocycles. The van der Waals surface area contributed by atoms with E-state index in [9.17, 15) is 4.79 Å². The molecule has 1 aromatic heterocycles. The third-order valence-electron chi connectivity index (χ3n) is 3.44. The van der Waals surface area contributed by atoms with Crippen LogP contribution >= 0.6 is 12.2 Å². The molecule has 0 aliphatic carbocycles. The Morgan fingerprint density at radius 2 is 1.96 bits per heavy atom. The van der Waals surface area contributed by atoms with E-state index >= 15 is 0 Å². The molecule has 0 radical (unpaired) electrons. The molecule has 1 amide bonds. The topological polar surface area (TPSA) is 67.2 Å². The lowest BCUT2D eigenvalue weighted by atomic mass is 10.1. The van der Waals surface area contributed by atoms with Crippen molar-refractivity contribution in [3.05, 3.63) is 59.5 Å². The second-order valence-corrected chi connectivity index (χ2v) is 6.00. The van der Waals surface area contributed by atoms with Gasteiger partial charge in [-0.05, 0) is 54.5 Å². The standard InChI is InChI=1S/C18H17N3O2S/c1-11-3-8-16-15(9-11)21-17(23-16)10-13-4-6-14(7-5-13)20-18(24)19-12(2)22/h3-9H,10H2,1-2H3,(H2,19,20,22,24). The summed E-state index contributed by atoms with van der Waals surface area (Å²) in [7, 11) is 0. The number of aryl methyl sites for hydroxylation is 1. The Labute approximate surface area is 145 Å². The van der Waals surface area contributed by atoms with Gasteiger partial charge in [-0.2, -0.15) is 0 Å². The highest BCUT2D eigenvalue weighted by molar-refractivity contribution is 7.80. The fourth-order valence-corrected chi connectivity index (χ4v) is 2.63. The predicted molar refractivity (Wildman–Crippen MR) is 98.0 cm³/mol. The minimum Gasteiger partial charge on any atom is -0.440 e. The number of hydrogen-bond acceptors (Lipinski definition) is 4. The molecule has 5 nitrogen and oxygen atoms in total. The van der Waals surface area contributed by atoms with Crippen LogP contribution < -0.4 is 10.6 Å². The molecule has 0 spiro atoms. The second-order valence-electron chi connectivity index (χ2n) is 5.59. The van der Waals surface area contributed by atoms with Gasteiger partial charge in [-0.3, -0.25) is 4.79 Å². The van der Waals surface area contributed by atoms with Crippen LogP contribution in [0.25, 0.3) is 11.1 Å². The zero-order chi connectivity index (χ0) is 17.1.